The molecule has 2 rings (SSSR count). The molecule has 1 amide bonds. The van der Waals surface area contributed by atoms with Crippen LogP contribution >= 0.6 is 0 Å². The highest BCUT2D eigenvalue weighted by molar-refractivity contribution is 6.06. The van der Waals surface area contributed by atoms with Crippen molar-refractivity contribution in [3.8, 4) is 0 Å². The maximum atomic E-state index is 13.7. The number of anilines is 1. The Morgan fingerprint density at radius 2 is 2.11 bits per heavy atom. The molecular formula is C14H19FN2O. The number of nitrogens with one attached hydrogen (secondary N) is 1. The zero-order valence-electron chi connectivity index (χ0n) is 11.0. The highest BCUT2D eigenvalue weighted by Crippen LogP contribution is 2.42. The quantitative estimate of drug-likeness (QED) is 0.866. The molecule has 0 radical (unpaired) electrons. The largest absolute Gasteiger partial charge is 0.325 e. The Hall–Kier alpha value is -1.42. The number of amides is 1. The molecule has 1 heterocycles. The molecule has 1 atom stereocenters. The molecule has 0 spiro atoms. The third-order valence-corrected chi connectivity index (χ3v) is 3.61. The topological polar surface area (TPSA) is 55.1 Å². The first-order valence-corrected chi connectivity index (χ1v) is 6.29. The van der Waals surface area contributed by atoms with E-state index >= 15 is 0 Å². The lowest BCUT2D eigenvalue weighted by Gasteiger charge is -2.18. The second kappa shape index (κ2) is 4.35. The molecule has 0 bridgehead atoms. The van der Waals surface area contributed by atoms with Gasteiger partial charge in [0.25, 0.3) is 0 Å². The highest BCUT2D eigenvalue weighted by Gasteiger charge is 2.40. The average molecular weight is 250 g/mol. The van der Waals surface area contributed by atoms with Crippen LogP contribution in [0, 0.1) is 5.82 Å². The van der Waals surface area contributed by atoms with Crippen molar-refractivity contribution >= 4 is 11.6 Å². The Morgan fingerprint density at radius 3 is 2.72 bits per heavy atom. The second-order valence-corrected chi connectivity index (χ2v) is 5.39. The molecule has 1 aromatic rings. The molecule has 98 valence electrons. The van der Waals surface area contributed by atoms with Crippen LogP contribution < -0.4 is 11.1 Å². The smallest absolute Gasteiger partial charge is 0.234 e. The fourth-order valence-electron chi connectivity index (χ4n) is 2.41. The van der Waals surface area contributed by atoms with Gasteiger partial charge >= 0.3 is 0 Å². The second-order valence-electron chi connectivity index (χ2n) is 5.39. The summed E-state index contributed by atoms with van der Waals surface area (Å²) < 4.78 is 13.7. The first-order chi connectivity index (χ1) is 8.37. The van der Waals surface area contributed by atoms with Crippen molar-refractivity contribution in [1.82, 2.24) is 0 Å². The number of carbonyl (C=O) groups excluding carboxylic acids is 1. The van der Waals surface area contributed by atoms with Crippen LogP contribution in [0.5, 0.6) is 0 Å². The monoisotopic (exact) mass is 250 g/mol. The van der Waals surface area contributed by atoms with E-state index in [9.17, 15) is 9.18 Å². The number of rotatable bonds is 3. The van der Waals surface area contributed by atoms with Gasteiger partial charge in [-0.3, -0.25) is 4.79 Å². The van der Waals surface area contributed by atoms with Gasteiger partial charge in [0.15, 0.2) is 0 Å². The number of hydrogen-bond donors (Lipinski definition) is 2. The van der Waals surface area contributed by atoms with Crippen LogP contribution in [0.4, 0.5) is 10.1 Å². The predicted octanol–water partition coefficient (Wildman–Crippen LogP) is 2.86. The van der Waals surface area contributed by atoms with Gasteiger partial charge in [-0.1, -0.05) is 13.3 Å². The normalized spacial score (nSPS) is 18.4. The molecule has 18 heavy (non-hydrogen) atoms. The van der Waals surface area contributed by atoms with Crippen molar-refractivity contribution in [2.75, 3.05) is 5.32 Å². The molecule has 1 aliphatic rings. The summed E-state index contributed by atoms with van der Waals surface area (Å²) in [5.74, 6) is -0.437. The number of halogens is 1. The molecule has 0 saturated heterocycles. The highest BCUT2D eigenvalue weighted by atomic mass is 19.1. The van der Waals surface area contributed by atoms with Gasteiger partial charge in [-0.05, 0) is 43.5 Å². The van der Waals surface area contributed by atoms with Crippen LogP contribution in [0.1, 0.15) is 50.8 Å². The lowest BCUT2D eigenvalue weighted by Crippen LogP contribution is -2.26. The number of nitrogens with two attached hydrogens (primary N) is 1. The summed E-state index contributed by atoms with van der Waals surface area (Å²) in [6.45, 7) is 5.62. The minimum absolute atomic E-state index is 0.104. The maximum Gasteiger partial charge on any atom is 0.234 e. The molecule has 1 unspecified atom stereocenters. The summed E-state index contributed by atoms with van der Waals surface area (Å²) >= 11 is 0. The van der Waals surface area contributed by atoms with Gasteiger partial charge in [0.1, 0.15) is 5.82 Å². The molecular weight excluding hydrogens is 231 g/mol. The number of benzene rings is 1. The molecule has 0 fully saturated rings. The van der Waals surface area contributed by atoms with E-state index in [1.54, 1.807) is 13.8 Å². The SMILES string of the molecule is CCCC(N)c1cc(F)cc2c1NC(=O)C2(C)C. The Bertz CT molecular complexity index is 497. The Balaban J connectivity index is 2.56. The molecule has 0 aliphatic carbocycles. The molecule has 0 aromatic heterocycles. The molecule has 4 heteroatoms. The van der Waals surface area contributed by atoms with E-state index in [-0.39, 0.29) is 17.8 Å². The summed E-state index contributed by atoms with van der Waals surface area (Å²) in [6.07, 6.45) is 1.69. The Labute approximate surface area is 107 Å². The average Bonchev–Trinajstić information content (AvgIpc) is 2.51. The van der Waals surface area contributed by atoms with E-state index in [0.717, 1.165) is 12.8 Å². The van der Waals surface area contributed by atoms with Crippen molar-refractivity contribution in [3.05, 3.63) is 29.1 Å². The van der Waals surface area contributed by atoms with E-state index < -0.39 is 5.41 Å². The van der Waals surface area contributed by atoms with Crippen LogP contribution in [0.2, 0.25) is 0 Å². The van der Waals surface area contributed by atoms with Crippen LogP contribution in [0.25, 0.3) is 0 Å². The first kappa shape index (κ1) is 13.0. The van der Waals surface area contributed by atoms with Gasteiger partial charge in [-0.2, -0.15) is 0 Å². The standard InChI is InChI=1S/C14H19FN2O/c1-4-5-11(16)9-6-8(15)7-10-12(9)17-13(18)14(10,2)3/h6-7,11H,4-5,16H2,1-3H3,(H,17,18). The van der Waals surface area contributed by atoms with Crippen molar-refractivity contribution in [2.45, 2.75) is 45.1 Å². The molecule has 3 nitrogen and oxygen atoms in total. The summed E-state index contributed by atoms with van der Waals surface area (Å²) in [6, 6.07) is 2.62. The van der Waals surface area contributed by atoms with Crippen molar-refractivity contribution < 1.29 is 9.18 Å². The van der Waals surface area contributed by atoms with Crippen LogP contribution in [0.15, 0.2) is 12.1 Å². The van der Waals surface area contributed by atoms with Crippen molar-refractivity contribution in [2.24, 2.45) is 5.73 Å². The lowest BCUT2D eigenvalue weighted by atomic mass is 9.84. The zero-order valence-corrected chi connectivity index (χ0v) is 11.0. The predicted molar refractivity (Wildman–Crippen MR) is 69.9 cm³/mol. The minimum atomic E-state index is -0.696. The molecule has 1 aliphatic heterocycles. The fourth-order valence-corrected chi connectivity index (χ4v) is 2.41. The van der Waals surface area contributed by atoms with Crippen molar-refractivity contribution in [1.29, 1.82) is 0 Å². The summed E-state index contributed by atoms with van der Waals surface area (Å²) in [5, 5.41) is 2.84. The van der Waals surface area contributed by atoms with Gasteiger partial charge in [-0.15, -0.1) is 0 Å². The van der Waals surface area contributed by atoms with E-state index in [2.05, 4.69) is 5.32 Å². The van der Waals surface area contributed by atoms with E-state index in [0.29, 0.717) is 16.8 Å². The third-order valence-electron chi connectivity index (χ3n) is 3.61. The summed E-state index contributed by atoms with van der Waals surface area (Å²) in [4.78, 5) is 11.9. The fraction of sp³-hybridized carbons (Fsp3) is 0.500. The Morgan fingerprint density at radius 1 is 1.44 bits per heavy atom. The first-order valence-electron chi connectivity index (χ1n) is 6.29. The maximum absolute atomic E-state index is 13.7. The summed E-state index contributed by atoms with van der Waals surface area (Å²) in [7, 11) is 0. The van der Waals surface area contributed by atoms with Crippen LogP contribution in [-0.2, 0) is 10.2 Å². The van der Waals surface area contributed by atoms with E-state index in [1.807, 2.05) is 6.92 Å². The van der Waals surface area contributed by atoms with Gasteiger partial charge in [-0.25, -0.2) is 4.39 Å². The number of hydrogen-bond acceptors (Lipinski definition) is 2. The molecule has 3 N–H and O–H groups in total. The Kier molecular flexibility index (Phi) is 3.15. The number of carbonyl (C=O) groups is 1. The van der Waals surface area contributed by atoms with E-state index in [1.165, 1.54) is 12.1 Å². The van der Waals surface area contributed by atoms with Gasteiger partial charge in [0.2, 0.25) is 5.91 Å². The van der Waals surface area contributed by atoms with Crippen molar-refractivity contribution in [3.63, 3.8) is 0 Å². The lowest BCUT2D eigenvalue weighted by molar-refractivity contribution is -0.119. The van der Waals surface area contributed by atoms with Gasteiger partial charge in [0.05, 0.1) is 11.1 Å². The minimum Gasteiger partial charge on any atom is -0.325 e. The van der Waals surface area contributed by atoms with Gasteiger partial charge < -0.3 is 11.1 Å². The van der Waals surface area contributed by atoms with Gasteiger partial charge in [0, 0.05) is 6.04 Å². The molecule has 1 aromatic carbocycles. The summed E-state index contributed by atoms with van der Waals surface area (Å²) in [5.41, 5.74) is 7.47. The third kappa shape index (κ3) is 1.90. The van der Waals surface area contributed by atoms with Crippen LogP contribution in [0.3, 0.4) is 0 Å². The molecule has 0 saturated carbocycles. The zero-order chi connectivity index (χ0) is 13.5. The number of fused-ring (bicyclic) bond motifs is 1. The van der Waals surface area contributed by atoms with Crippen LogP contribution in [-0.4, -0.2) is 5.91 Å². The van der Waals surface area contributed by atoms with E-state index in [4.69, 9.17) is 5.73 Å².